The first kappa shape index (κ1) is 12.2. The van der Waals surface area contributed by atoms with Gasteiger partial charge in [-0.15, -0.1) is 0 Å². The number of pyridine rings is 1. The number of morpholine rings is 1. The van der Waals surface area contributed by atoms with Gasteiger partial charge in [-0.05, 0) is 6.07 Å². The highest BCUT2D eigenvalue weighted by Gasteiger charge is 2.23. The molecule has 1 fully saturated rings. The first-order chi connectivity index (χ1) is 8.72. The molecule has 18 heavy (non-hydrogen) atoms. The molecular weight excluding hydrogens is 238 g/mol. The Hall–Kier alpha value is -2.24. The highest BCUT2D eigenvalue weighted by Crippen LogP contribution is 2.26. The number of ether oxygens (including phenoxy) is 1. The maximum atomic E-state index is 11.0. The smallest absolute Gasteiger partial charge is 0.330 e. The molecule has 0 aliphatic carbocycles. The van der Waals surface area contributed by atoms with Gasteiger partial charge < -0.3 is 4.74 Å². The van der Waals surface area contributed by atoms with Gasteiger partial charge in [0.15, 0.2) is 0 Å². The second-order valence-corrected chi connectivity index (χ2v) is 3.64. The summed E-state index contributed by atoms with van der Waals surface area (Å²) in [6, 6.07) is 3.11. The average molecular weight is 249 g/mol. The van der Waals surface area contributed by atoms with E-state index in [0.717, 1.165) is 0 Å². The average Bonchev–Trinajstić information content (AvgIpc) is 2.39. The van der Waals surface area contributed by atoms with E-state index in [1.54, 1.807) is 11.1 Å². The molecule has 1 aliphatic rings. The van der Waals surface area contributed by atoms with Crippen molar-refractivity contribution in [2.24, 2.45) is 0 Å². The number of aromatic nitrogens is 1. The quantitative estimate of drug-likeness (QED) is 0.615. The lowest BCUT2D eigenvalue weighted by atomic mass is 10.2. The van der Waals surface area contributed by atoms with Crippen LogP contribution in [0.25, 0.3) is 0 Å². The Morgan fingerprint density at radius 3 is 2.89 bits per heavy atom. The third kappa shape index (κ3) is 2.53. The highest BCUT2D eigenvalue weighted by molar-refractivity contribution is 5.63. The van der Waals surface area contributed by atoms with Crippen LogP contribution in [0.15, 0.2) is 12.3 Å². The van der Waals surface area contributed by atoms with Gasteiger partial charge in [0.25, 0.3) is 0 Å². The number of anilines is 1. The van der Waals surface area contributed by atoms with Gasteiger partial charge in [-0.25, -0.2) is 9.99 Å². The summed E-state index contributed by atoms with van der Waals surface area (Å²) in [7, 11) is 0. The van der Waals surface area contributed by atoms with E-state index in [4.69, 9.17) is 10.00 Å². The molecule has 0 unspecified atom stereocenters. The van der Waals surface area contributed by atoms with Crippen molar-refractivity contribution in [3.8, 4) is 6.07 Å². The van der Waals surface area contributed by atoms with Gasteiger partial charge in [0.05, 0.1) is 18.1 Å². The number of nitriles is 1. The maximum absolute atomic E-state index is 11.0. The molecule has 0 radical (unpaired) electrons. The summed E-state index contributed by atoms with van der Waals surface area (Å²) < 4.78 is 5.17. The van der Waals surface area contributed by atoms with Gasteiger partial charge in [0.1, 0.15) is 11.6 Å². The lowest BCUT2D eigenvalue weighted by molar-refractivity contribution is -0.384. The lowest BCUT2D eigenvalue weighted by Gasteiger charge is -2.27. The first-order valence-corrected chi connectivity index (χ1v) is 5.35. The normalized spacial score (nSPS) is 15.9. The summed E-state index contributed by atoms with van der Waals surface area (Å²) in [6.45, 7) is 2.32. The first-order valence-electron chi connectivity index (χ1n) is 5.35. The Balaban J connectivity index is 2.26. The Bertz CT molecular complexity index is 493. The van der Waals surface area contributed by atoms with E-state index in [0.29, 0.717) is 26.3 Å². The number of rotatable bonds is 3. The third-order valence-corrected chi connectivity index (χ3v) is 2.50. The van der Waals surface area contributed by atoms with E-state index in [9.17, 15) is 10.1 Å². The summed E-state index contributed by atoms with van der Waals surface area (Å²) >= 11 is 0. The molecule has 0 atom stereocenters. The van der Waals surface area contributed by atoms with Crippen LogP contribution in [0.5, 0.6) is 0 Å². The van der Waals surface area contributed by atoms with Crippen molar-refractivity contribution >= 4 is 11.5 Å². The van der Waals surface area contributed by atoms with Crippen LogP contribution in [-0.2, 0) is 4.74 Å². The van der Waals surface area contributed by atoms with Gasteiger partial charge in [0.2, 0.25) is 5.82 Å². The molecule has 1 N–H and O–H groups in total. The van der Waals surface area contributed by atoms with Crippen molar-refractivity contribution in [2.75, 3.05) is 31.7 Å². The molecule has 1 saturated heterocycles. The largest absolute Gasteiger partial charge is 0.379 e. The van der Waals surface area contributed by atoms with Crippen LogP contribution in [0.2, 0.25) is 0 Å². The van der Waals surface area contributed by atoms with Gasteiger partial charge in [0, 0.05) is 19.3 Å². The molecule has 8 heteroatoms. The number of nitrogens with one attached hydrogen (secondary N) is 1. The molecule has 8 nitrogen and oxygen atoms in total. The second kappa shape index (κ2) is 5.39. The van der Waals surface area contributed by atoms with E-state index < -0.39 is 4.92 Å². The fraction of sp³-hybridized carbons (Fsp3) is 0.400. The summed E-state index contributed by atoms with van der Waals surface area (Å²) in [5, 5.41) is 21.6. The van der Waals surface area contributed by atoms with Gasteiger partial charge in [-0.3, -0.25) is 15.5 Å². The third-order valence-electron chi connectivity index (χ3n) is 2.50. The standard InChI is InChI=1S/C10H11N5O3/c11-7-8-1-2-12-10(9(8)15(16)17)13-14-3-5-18-6-4-14/h1-2H,3-6H2,(H,12,13). The zero-order valence-corrected chi connectivity index (χ0v) is 9.50. The number of nitro groups is 1. The molecule has 94 valence electrons. The Morgan fingerprint density at radius 1 is 1.56 bits per heavy atom. The molecule has 0 bridgehead atoms. The molecule has 0 amide bonds. The van der Waals surface area contributed by atoms with Crippen molar-refractivity contribution in [2.45, 2.75) is 0 Å². The van der Waals surface area contributed by atoms with Crippen LogP contribution in [0.3, 0.4) is 0 Å². The zero-order chi connectivity index (χ0) is 13.0. The van der Waals surface area contributed by atoms with Crippen molar-refractivity contribution in [3.63, 3.8) is 0 Å². The maximum Gasteiger partial charge on any atom is 0.330 e. The minimum Gasteiger partial charge on any atom is -0.379 e. The van der Waals surface area contributed by atoms with Crippen molar-refractivity contribution in [1.82, 2.24) is 9.99 Å². The van der Waals surface area contributed by atoms with Gasteiger partial charge >= 0.3 is 5.69 Å². The zero-order valence-electron chi connectivity index (χ0n) is 9.50. The second-order valence-electron chi connectivity index (χ2n) is 3.64. The molecule has 1 aromatic rings. The lowest BCUT2D eigenvalue weighted by Crippen LogP contribution is -2.40. The number of hydrogen-bond donors (Lipinski definition) is 1. The van der Waals surface area contributed by atoms with Crippen molar-refractivity contribution in [3.05, 3.63) is 27.9 Å². The van der Waals surface area contributed by atoms with E-state index in [1.807, 2.05) is 0 Å². The van der Waals surface area contributed by atoms with E-state index in [2.05, 4.69) is 10.4 Å². The summed E-state index contributed by atoms with van der Waals surface area (Å²) in [4.78, 5) is 14.3. The van der Waals surface area contributed by atoms with Crippen LogP contribution in [0.1, 0.15) is 5.56 Å². The fourth-order valence-corrected chi connectivity index (χ4v) is 1.64. The van der Waals surface area contributed by atoms with E-state index in [-0.39, 0.29) is 17.1 Å². The topological polar surface area (TPSA) is 104 Å². The highest BCUT2D eigenvalue weighted by atomic mass is 16.6. The van der Waals surface area contributed by atoms with Crippen LogP contribution < -0.4 is 5.43 Å². The predicted octanol–water partition coefficient (Wildman–Crippen LogP) is 0.521. The SMILES string of the molecule is N#Cc1ccnc(NN2CCOCC2)c1[N+](=O)[O-]. The molecule has 0 aromatic carbocycles. The molecule has 0 spiro atoms. The minimum atomic E-state index is -0.603. The van der Waals surface area contributed by atoms with E-state index in [1.165, 1.54) is 12.3 Å². The number of nitrogens with zero attached hydrogens (tertiary/aromatic N) is 4. The molecular formula is C10H11N5O3. The van der Waals surface area contributed by atoms with Crippen LogP contribution in [0, 0.1) is 21.4 Å². The number of hydrazine groups is 1. The fourth-order valence-electron chi connectivity index (χ4n) is 1.64. The molecule has 1 aliphatic heterocycles. The predicted molar refractivity (Wildman–Crippen MR) is 61.6 cm³/mol. The Morgan fingerprint density at radius 2 is 2.28 bits per heavy atom. The van der Waals surface area contributed by atoms with Gasteiger partial charge in [-0.1, -0.05) is 0 Å². The molecule has 1 aromatic heterocycles. The minimum absolute atomic E-state index is 0.00856. The Kier molecular flexibility index (Phi) is 3.66. The van der Waals surface area contributed by atoms with Crippen LogP contribution in [-0.4, -0.2) is 41.2 Å². The Labute approximate surface area is 103 Å². The number of hydrogen-bond acceptors (Lipinski definition) is 7. The van der Waals surface area contributed by atoms with E-state index >= 15 is 0 Å². The molecule has 2 rings (SSSR count). The summed E-state index contributed by atoms with van der Waals surface area (Å²) in [5.41, 5.74) is 2.55. The van der Waals surface area contributed by atoms with Crippen molar-refractivity contribution in [1.29, 1.82) is 5.26 Å². The van der Waals surface area contributed by atoms with Crippen molar-refractivity contribution < 1.29 is 9.66 Å². The summed E-state index contributed by atoms with van der Waals surface area (Å²) in [6.07, 6.45) is 1.37. The van der Waals surface area contributed by atoms with Crippen LogP contribution in [0.4, 0.5) is 11.5 Å². The summed E-state index contributed by atoms with van der Waals surface area (Å²) in [5.74, 6) is 0.0842. The molecule has 2 heterocycles. The van der Waals surface area contributed by atoms with Crippen LogP contribution >= 0.6 is 0 Å². The van der Waals surface area contributed by atoms with Gasteiger partial charge in [-0.2, -0.15) is 5.26 Å². The molecule has 0 saturated carbocycles. The monoisotopic (exact) mass is 249 g/mol.